The van der Waals surface area contributed by atoms with Gasteiger partial charge in [0.05, 0.1) is 28.6 Å². The summed E-state index contributed by atoms with van der Waals surface area (Å²) in [5, 5.41) is 21.9. The van der Waals surface area contributed by atoms with Crippen LogP contribution < -0.4 is 15.1 Å². The fourth-order valence-corrected chi connectivity index (χ4v) is 6.01. The summed E-state index contributed by atoms with van der Waals surface area (Å²) in [6.07, 6.45) is 2.35. The van der Waals surface area contributed by atoms with Gasteiger partial charge in [0.15, 0.2) is 0 Å². The summed E-state index contributed by atoms with van der Waals surface area (Å²) in [5.41, 5.74) is 0.884. The number of rotatable bonds is 11. The van der Waals surface area contributed by atoms with Gasteiger partial charge in [0.25, 0.3) is 5.69 Å². The molecule has 2 aliphatic heterocycles. The Morgan fingerprint density at radius 1 is 0.980 bits per heavy atom. The van der Waals surface area contributed by atoms with Gasteiger partial charge in [-0.05, 0) is 66.6 Å². The number of fused-ring (bicyclic) bond motifs is 2. The van der Waals surface area contributed by atoms with Crippen molar-refractivity contribution in [3.8, 4) is 11.5 Å². The number of hydrogen-bond acceptors (Lipinski definition) is 11. The zero-order chi connectivity index (χ0) is 34.8. The van der Waals surface area contributed by atoms with Gasteiger partial charge in [-0.25, -0.2) is 14.4 Å². The smallest absolute Gasteiger partial charge is 0.363 e. The van der Waals surface area contributed by atoms with Gasteiger partial charge in [-0.2, -0.15) is 0 Å². The largest absolute Gasteiger partial charge is 0.490 e. The minimum Gasteiger partial charge on any atom is -0.490 e. The first-order chi connectivity index (χ1) is 23.5. The van der Waals surface area contributed by atoms with E-state index in [2.05, 4.69) is 0 Å². The maximum Gasteiger partial charge on any atom is 0.363 e. The van der Waals surface area contributed by atoms with E-state index in [0.29, 0.717) is 22.7 Å². The zero-order valence-corrected chi connectivity index (χ0v) is 26.3. The van der Waals surface area contributed by atoms with Crippen LogP contribution in [0.2, 0.25) is 0 Å². The van der Waals surface area contributed by atoms with Crippen molar-refractivity contribution in [2.75, 3.05) is 6.61 Å². The first-order valence-electron chi connectivity index (χ1n) is 15.3. The second-order valence-electron chi connectivity index (χ2n) is 11.6. The molecule has 4 atom stereocenters. The van der Waals surface area contributed by atoms with E-state index in [1.807, 2.05) is 19.1 Å². The van der Waals surface area contributed by atoms with Crippen LogP contribution in [0.5, 0.6) is 11.5 Å². The van der Waals surface area contributed by atoms with Crippen molar-refractivity contribution in [1.82, 2.24) is 4.90 Å². The van der Waals surface area contributed by atoms with Crippen molar-refractivity contribution in [2.24, 2.45) is 11.8 Å². The number of allylic oxidation sites excluding steroid dienone is 1. The number of ether oxygens (including phenoxy) is 3. The van der Waals surface area contributed by atoms with Crippen LogP contribution in [0.15, 0.2) is 111 Å². The number of nitrogens with zero attached hydrogens (tertiary/aromatic N) is 2. The topological polar surface area (TPSA) is 176 Å². The third-order valence-electron chi connectivity index (χ3n) is 8.49. The molecule has 13 heteroatoms. The van der Waals surface area contributed by atoms with Crippen molar-refractivity contribution >= 4 is 34.5 Å². The van der Waals surface area contributed by atoms with E-state index in [4.69, 9.17) is 18.6 Å². The molecule has 3 heterocycles. The predicted molar refractivity (Wildman–Crippen MR) is 173 cm³/mol. The lowest BCUT2D eigenvalue weighted by Gasteiger charge is -2.46. The Balaban J connectivity index is 1.10. The van der Waals surface area contributed by atoms with E-state index in [1.165, 1.54) is 30.0 Å². The molecule has 0 radical (unpaired) electrons. The lowest BCUT2D eigenvalue weighted by atomic mass is 9.78. The summed E-state index contributed by atoms with van der Waals surface area (Å²) in [5.74, 6) is -2.53. The van der Waals surface area contributed by atoms with Crippen LogP contribution in [0.25, 0.3) is 11.0 Å². The van der Waals surface area contributed by atoms with Crippen LogP contribution in [0.4, 0.5) is 5.69 Å². The van der Waals surface area contributed by atoms with E-state index in [1.54, 1.807) is 48.6 Å². The average molecular weight is 667 g/mol. The lowest BCUT2D eigenvalue weighted by molar-refractivity contribution is -0.384. The number of non-ortho nitro benzene ring substituents is 1. The highest BCUT2D eigenvalue weighted by Gasteiger charge is 2.59. The summed E-state index contributed by atoms with van der Waals surface area (Å²) in [6.45, 7) is 3.69. The van der Waals surface area contributed by atoms with Crippen LogP contribution in [-0.4, -0.2) is 51.5 Å². The molecule has 1 N–H and O–H groups in total. The molecular formula is C36H30N2O11. The van der Waals surface area contributed by atoms with Gasteiger partial charge >= 0.3 is 17.6 Å². The number of carbonyl (C=O) groups is 3. The third-order valence-corrected chi connectivity index (χ3v) is 8.49. The molecule has 49 heavy (non-hydrogen) atoms. The zero-order valence-electron chi connectivity index (χ0n) is 26.3. The molecule has 2 aliphatic rings. The summed E-state index contributed by atoms with van der Waals surface area (Å²) < 4.78 is 22.0. The van der Waals surface area contributed by atoms with Gasteiger partial charge in [-0.3, -0.25) is 14.9 Å². The summed E-state index contributed by atoms with van der Waals surface area (Å²) in [4.78, 5) is 62.1. The molecule has 1 saturated heterocycles. The third kappa shape index (κ3) is 6.69. The molecule has 0 aliphatic carbocycles. The van der Waals surface area contributed by atoms with Crippen molar-refractivity contribution in [3.63, 3.8) is 0 Å². The summed E-state index contributed by atoms with van der Waals surface area (Å²) >= 11 is 0. The van der Waals surface area contributed by atoms with Crippen LogP contribution in [0.1, 0.15) is 29.8 Å². The number of carbonyl (C=O) groups excluding carboxylic acids is 3. The minimum absolute atomic E-state index is 0.0782. The highest BCUT2D eigenvalue weighted by molar-refractivity contribution is 6.07. The van der Waals surface area contributed by atoms with Crippen LogP contribution in [-0.2, 0) is 20.9 Å². The Hall–Kier alpha value is -6.08. The van der Waals surface area contributed by atoms with E-state index in [9.17, 15) is 34.4 Å². The SMILES string of the molecule is C[C@@H](O)[C@H]1C(=O)N2C(C(=O)OC(=O)c3ccc([N+](=O)[O-])cc3)=C(/C=C/COc3ccc(COc4ccc5ccc(=O)oc5c4)cc3)[C@H](C)[C@H]12. The quantitative estimate of drug-likeness (QED) is 0.0586. The van der Waals surface area contributed by atoms with Gasteiger partial charge in [-0.15, -0.1) is 0 Å². The second-order valence-corrected chi connectivity index (χ2v) is 11.6. The maximum atomic E-state index is 13.3. The van der Waals surface area contributed by atoms with Crippen LogP contribution in [0.3, 0.4) is 0 Å². The molecular weight excluding hydrogens is 636 g/mol. The highest BCUT2D eigenvalue weighted by Crippen LogP contribution is 2.47. The number of aliphatic hydroxyl groups excluding tert-OH is 1. The number of nitro benzene ring substituents is 1. The maximum absolute atomic E-state index is 13.3. The van der Waals surface area contributed by atoms with E-state index < -0.39 is 46.5 Å². The molecule has 1 fully saturated rings. The standard InChI is InChI=1S/C36H30N2O11/c1-20-28(4-3-17-46-26-13-5-22(6-14-26)19-47-27-15-9-23-10-16-30(40)48-29(23)18-27)33(37-32(20)31(21(2)39)34(37)41)36(43)49-35(42)24-7-11-25(12-8-24)38(44)45/h3-16,18,20-21,31-32,39H,17,19H2,1-2H3/b4-3+/t20-,21+,31+,32+/m0/s1. The fraction of sp³-hybridized carbons (Fsp3) is 0.222. The molecule has 13 nitrogen and oxygen atoms in total. The predicted octanol–water partition coefficient (Wildman–Crippen LogP) is 4.71. The summed E-state index contributed by atoms with van der Waals surface area (Å²) in [7, 11) is 0. The van der Waals surface area contributed by atoms with E-state index in [0.717, 1.165) is 23.1 Å². The molecule has 250 valence electrons. The first kappa shape index (κ1) is 32.8. The molecule has 0 unspecified atom stereocenters. The number of hydrogen-bond donors (Lipinski definition) is 1. The molecule has 4 aromatic rings. The van der Waals surface area contributed by atoms with Crippen molar-refractivity contribution < 1.29 is 43.0 Å². The number of esters is 2. The van der Waals surface area contributed by atoms with Gasteiger partial charge in [0.1, 0.15) is 36.0 Å². The Labute approximate surface area is 278 Å². The van der Waals surface area contributed by atoms with Crippen molar-refractivity contribution in [2.45, 2.75) is 32.6 Å². The highest BCUT2D eigenvalue weighted by atomic mass is 16.6. The van der Waals surface area contributed by atoms with Crippen LogP contribution in [0, 0.1) is 22.0 Å². The van der Waals surface area contributed by atoms with E-state index >= 15 is 0 Å². The van der Waals surface area contributed by atoms with Crippen molar-refractivity contribution in [3.05, 3.63) is 134 Å². The van der Waals surface area contributed by atoms with Gasteiger partial charge in [0, 0.05) is 35.6 Å². The Kier molecular flexibility index (Phi) is 9.10. The minimum atomic E-state index is -1.05. The normalized spacial score (nSPS) is 19.0. The first-order valence-corrected chi connectivity index (χ1v) is 15.3. The number of benzene rings is 3. The van der Waals surface area contributed by atoms with Crippen LogP contribution >= 0.6 is 0 Å². The van der Waals surface area contributed by atoms with E-state index in [-0.39, 0.29) is 36.1 Å². The molecule has 0 spiro atoms. The van der Waals surface area contributed by atoms with Gasteiger partial charge in [-0.1, -0.05) is 25.1 Å². The number of aliphatic hydroxyl groups is 1. The Bertz CT molecular complexity index is 2060. The second kappa shape index (κ2) is 13.6. The number of nitro groups is 1. The molecule has 1 amide bonds. The fourth-order valence-electron chi connectivity index (χ4n) is 6.01. The monoisotopic (exact) mass is 666 g/mol. The molecule has 0 saturated carbocycles. The number of amides is 1. The molecule has 1 aromatic heterocycles. The molecule has 6 rings (SSSR count). The van der Waals surface area contributed by atoms with Gasteiger partial charge in [0.2, 0.25) is 5.91 Å². The summed E-state index contributed by atoms with van der Waals surface area (Å²) in [6, 6.07) is 19.6. The average Bonchev–Trinajstić information content (AvgIpc) is 3.33. The van der Waals surface area contributed by atoms with Crippen molar-refractivity contribution in [1.29, 1.82) is 0 Å². The van der Waals surface area contributed by atoms with Gasteiger partial charge < -0.3 is 28.6 Å². The Morgan fingerprint density at radius 2 is 1.67 bits per heavy atom. The molecule has 3 aromatic carbocycles. The number of β-lactam (4-membered cyclic amide) rings is 1. The lowest BCUT2D eigenvalue weighted by Crippen LogP contribution is -2.63. The molecule has 0 bridgehead atoms. The Morgan fingerprint density at radius 3 is 2.37 bits per heavy atom.